The average Bonchev–Trinajstić information content (AvgIpc) is 3.15. The molecule has 9 nitrogen and oxygen atoms in total. The van der Waals surface area contributed by atoms with E-state index in [9.17, 15) is 14.9 Å². The molecule has 0 unspecified atom stereocenters. The molecule has 2 aromatic carbocycles. The molecular formula is C23H22N4O5. The lowest BCUT2D eigenvalue weighted by atomic mass is 9.93. The molecule has 0 saturated carbocycles. The third kappa shape index (κ3) is 4.31. The zero-order chi connectivity index (χ0) is 22.7. The van der Waals surface area contributed by atoms with Crippen molar-refractivity contribution in [3.63, 3.8) is 0 Å². The molecule has 0 bridgehead atoms. The molecule has 4 rings (SSSR count). The minimum atomic E-state index is -0.448. The molecule has 1 amide bonds. The van der Waals surface area contributed by atoms with Gasteiger partial charge in [-0.3, -0.25) is 20.3 Å². The highest BCUT2D eigenvalue weighted by atomic mass is 16.6. The highest BCUT2D eigenvalue weighted by Gasteiger charge is 2.28. The van der Waals surface area contributed by atoms with Crippen LogP contribution in [-0.4, -0.2) is 23.7 Å². The van der Waals surface area contributed by atoms with E-state index in [1.54, 1.807) is 43.5 Å². The van der Waals surface area contributed by atoms with E-state index in [-0.39, 0.29) is 17.4 Å². The van der Waals surface area contributed by atoms with Gasteiger partial charge in [0.05, 0.1) is 23.4 Å². The van der Waals surface area contributed by atoms with Crippen LogP contribution in [-0.2, 0) is 6.42 Å². The van der Waals surface area contributed by atoms with E-state index in [2.05, 4.69) is 15.8 Å². The predicted molar refractivity (Wildman–Crippen MR) is 121 cm³/mol. The number of ether oxygens (including phenoxy) is 1. The molecule has 164 valence electrons. The molecular weight excluding hydrogens is 412 g/mol. The number of methoxy groups -OCH3 is 1. The Bertz CT molecular complexity index is 1180. The maximum absolute atomic E-state index is 12.8. The molecule has 0 fully saturated rings. The summed E-state index contributed by atoms with van der Waals surface area (Å²) >= 11 is 0. The van der Waals surface area contributed by atoms with Gasteiger partial charge in [0, 0.05) is 35.4 Å². The van der Waals surface area contributed by atoms with E-state index >= 15 is 0 Å². The Kier molecular flexibility index (Phi) is 5.89. The van der Waals surface area contributed by atoms with Gasteiger partial charge in [0.2, 0.25) is 0 Å². The van der Waals surface area contributed by atoms with Crippen molar-refractivity contribution in [1.82, 2.24) is 0 Å². The first kappa shape index (κ1) is 21.1. The van der Waals surface area contributed by atoms with Gasteiger partial charge in [-0.2, -0.15) is 5.10 Å². The van der Waals surface area contributed by atoms with Crippen molar-refractivity contribution in [2.45, 2.75) is 26.2 Å². The third-order valence-corrected chi connectivity index (χ3v) is 5.28. The maximum Gasteiger partial charge on any atom is 0.291 e. The van der Waals surface area contributed by atoms with Gasteiger partial charge in [0.25, 0.3) is 11.6 Å². The van der Waals surface area contributed by atoms with Gasteiger partial charge in [0.15, 0.2) is 5.76 Å². The van der Waals surface area contributed by atoms with E-state index in [4.69, 9.17) is 9.15 Å². The highest BCUT2D eigenvalue weighted by Crippen LogP contribution is 2.31. The number of non-ortho nitro benzene ring substituents is 1. The molecule has 0 spiro atoms. The average molecular weight is 434 g/mol. The number of anilines is 2. The van der Waals surface area contributed by atoms with Crippen LogP contribution in [0.2, 0.25) is 0 Å². The lowest BCUT2D eigenvalue weighted by molar-refractivity contribution is -0.384. The van der Waals surface area contributed by atoms with Crippen LogP contribution in [0.25, 0.3) is 0 Å². The van der Waals surface area contributed by atoms with E-state index in [0.29, 0.717) is 17.1 Å². The Morgan fingerprint density at radius 3 is 2.44 bits per heavy atom. The second-order valence-electron chi connectivity index (χ2n) is 7.36. The van der Waals surface area contributed by atoms with Gasteiger partial charge in [-0.05, 0) is 56.2 Å². The van der Waals surface area contributed by atoms with Crippen LogP contribution in [0.4, 0.5) is 17.1 Å². The van der Waals surface area contributed by atoms with Crippen molar-refractivity contribution in [2.24, 2.45) is 5.10 Å². The normalized spacial score (nSPS) is 14.0. The topological polar surface area (TPSA) is 119 Å². The number of benzene rings is 2. The molecule has 0 radical (unpaired) electrons. The number of nitro groups is 1. The Labute approximate surface area is 184 Å². The lowest BCUT2D eigenvalue weighted by Gasteiger charge is -2.13. The third-order valence-electron chi connectivity index (χ3n) is 5.28. The molecule has 32 heavy (non-hydrogen) atoms. The summed E-state index contributed by atoms with van der Waals surface area (Å²) in [6.45, 7) is 1.85. The zero-order valence-electron chi connectivity index (χ0n) is 17.7. The minimum Gasteiger partial charge on any atom is -0.497 e. The molecule has 2 N–H and O–H groups in total. The number of carbonyl (C=O) groups is 1. The number of hydrazone groups is 1. The SMILES string of the molecule is COc1ccc(NC(=O)c2oc3c(c2C)/C(=N/Nc2ccc([N+](=O)[O-])cc2)CCC3)cc1. The van der Waals surface area contributed by atoms with Crippen molar-refractivity contribution in [1.29, 1.82) is 0 Å². The second kappa shape index (κ2) is 8.93. The Morgan fingerprint density at radius 2 is 1.78 bits per heavy atom. The first-order valence-corrected chi connectivity index (χ1v) is 10.1. The van der Waals surface area contributed by atoms with Crippen LogP contribution in [0.5, 0.6) is 5.75 Å². The Balaban J connectivity index is 1.54. The molecule has 1 heterocycles. The number of amides is 1. The van der Waals surface area contributed by atoms with Crippen molar-refractivity contribution in [3.8, 4) is 5.75 Å². The summed E-state index contributed by atoms with van der Waals surface area (Å²) in [4.78, 5) is 23.2. The molecule has 0 aliphatic heterocycles. The Hall–Kier alpha value is -4.14. The molecule has 1 aliphatic rings. The maximum atomic E-state index is 12.8. The van der Waals surface area contributed by atoms with Gasteiger partial charge in [-0.25, -0.2) is 0 Å². The first-order valence-electron chi connectivity index (χ1n) is 10.1. The van der Waals surface area contributed by atoms with Crippen LogP contribution in [0, 0.1) is 17.0 Å². The van der Waals surface area contributed by atoms with Crippen molar-refractivity contribution < 1.29 is 18.9 Å². The summed E-state index contributed by atoms with van der Waals surface area (Å²) in [6.07, 6.45) is 2.30. The largest absolute Gasteiger partial charge is 0.497 e. The number of rotatable bonds is 6. The van der Waals surface area contributed by atoms with Crippen molar-refractivity contribution in [3.05, 3.63) is 81.3 Å². The summed E-state index contributed by atoms with van der Waals surface area (Å²) in [5.41, 5.74) is 6.59. The smallest absolute Gasteiger partial charge is 0.291 e. The van der Waals surface area contributed by atoms with Crippen LogP contribution in [0.1, 0.15) is 40.3 Å². The van der Waals surface area contributed by atoms with Crippen molar-refractivity contribution >= 4 is 28.7 Å². The molecule has 1 aliphatic carbocycles. The van der Waals surface area contributed by atoms with Gasteiger partial charge in [-0.1, -0.05) is 0 Å². The molecule has 0 atom stereocenters. The number of aryl methyl sites for hydroxylation is 1. The van der Waals surface area contributed by atoms with Crippen LogP contribution >= 0.6 is 0 Å². The number of carbonyl (C=O) groups excluding carboxylic acids is 1. The molecule has 3 aromatic rings. The quantitative estimate of drug-likeness (QED) is 0.420. The summed E-state index contributed by atoms with van der Waals surface area (Å²) in [5.74, 6) is 1.37. The van der Waals surface area contributed by atoms with E-state index < -0.39 is 4.92 Å². The fraction of sp³-hybridized carbons (Fsp3) is 0.217. The molecule has 1 aromatic heterocycles. The molecule has 0 saturated heterocycles. The lowest BCUT2D eigenvalue weighted by Crippen LogP contribution is -2.14. The van der Waals surface area contributed by atoms with Gasteiger partial charge >= 0.3 is 0 Å². The summed E-state index contributed by atoms with van der Waals surface area (Å²) < 4.78 is 11.1. The summed E-state index contributed by atoms with van der Waals surface area (Å²) in [6, 6.07) is 13.1. The number of furan rings is 1. The van der Waals surface area contributed by atoms with Gasteiger partial charge in [0.1, 0.15) is 11.5 Å². The number of hydrogen-bond acceptors (Lipinski definition) is 7. The monoisotopic (exact) mass is 434 g/mol. The summed E-state index contributed by atoms with van der Waals surface area (Å²) in [5, 5.41) is 18.1. The van der Waals surface area contributed by atoms with Gasteiger partial charge < -0.3 is 14.5 Å². The van der Waals surface area contributed by atoms with Crippen LogP contribution in [0.15, 0.2) is 58.0 Å². The van der Waals surface area contributed by atoms with Crippen LogP contribution < -0.4 is 15.5 Å². The predicted octanol–water partition coefficient (Wildman–Crippen LogP) is 4.91. The summed E-state index contributed by atoms with van der Waals surface area (Å²) in [7, 11) is 1.58. The second-order valence-corrected chi connectivity index (χ2v) is 7.36. The highest BCUT2D eigenvalue weighted by molar-refractivity contribution is 6.09. The number of fused-ring (bicyclic) bond motifs is 1. The molecule has 9 heteroatoms. The fourth-order valence-electron chi connectivity index (χ4n) is 3.65. The number of nitrogens with one attached hydrogen (secondary N) is 2. The first-order chi connectivity index (χ1) is 15.5. The minimum absolute atomic E-state index is 0.0151. The number of nitro benzene ring substituents is 1. The van der Waals surface area contributed by atoms with Crippen molar-refractivity contribution in [2.75, 3.05) is 17.9 Å². The number of hydrogen-bond donors (Lipinski definition) is 2. The van der Waals surface area contributed by atoms with Crippen LogP contribution in [0.3, 0.4) is 0 Å². The van der Waals surface area contributed by atoms with E-state index in [0.717, 1.165) is 41.9 Å². The van der Waals surface area contributed by atoms with E-state index in [1.807, 2.05) is 6.92 Å². The zero-order valence-corrected chi connectivity index (χ0v) is 17.7. The Morgan fingerprint density at radius 1 is 1.09 bits per heavy atom. The fourth-order valence-corrected chi connectivity index (χ4v) is 3.65. The standard InChI is InChI=1S/C23H22N4O5/c1-14-21-19(26-25-16-6-10-17(11-7-16)27(29)30)4-3-5-20(21)32-22(14)23(28)24-15-8-12-18(31-2)13-9-15/h6-13,25H,3-5H2,1-2H3,(H,24,28)/b26-19+. The number of nitrogens with zero attached hydrogens (tertiary/aromatic N) is 2. The van der Waals surface area contributed by atoms with Gasteiger partial charge in [-0.15, -0.1) is 0 Å². The van der Waals surface area contributed by atoms with E-state index in [1.165, 1.54) is 12.1 Å².